The van der Waals surface area contributed by atoms with Gasteiger partial charge in [-0.25, -0.2) is 12.8 Å². The number of carbonyl (C=O) groups excluding carboxylic acids is 1. The Morgan fingerprint density at radius 1 is 1.50 bits per heavy atom. The molecule has 0 saturated carbocycles. The number of benzene rings is 1. The van der Waals surface area contributed by atoms with Gasteiger partial charge in [0.25, 0.3) is 0 Å². The number of rotatable bonds is 5. The lowest BCUT2D eigenvalue weighted by Crippen LogP contribution is -2.34. The Balaban J connectivity index is 3.04. The summed E-state index contributed by atoms with van der Waals surface area (Å²) < 4.78 is 43.5. The van der Waals surface area contributed by atoms with Crippen LogP contribution in [0.2, 0.25) is 0 Å². The van der Waals surface area contributed by atoms with Crippen LogP contribution in [0.15, 0.2) is 23.1 Å². The smallest absolute Gasteiger partial charge is 0.309 e. The Labute approximate surface area is 117 Å². The Morgan fingerprint density at radius 3 is 2.65 bits per heavy atom. The molecule has 6 nitrogen and oxygen atoms in total. The molecule has 0 heterocycles. The fourth-order valence-electron chi connectivity index (χ4n) is 1.65. The van der Waals surface area contributed by atoms with E-state index in [1.54, 1.807) is 0 Å². The number of nitrogens with two attached hydrogens (primary N) is 1. The van der Waals surface area contributed by atoms with Crippen molar-refractivity contribution < 1.29 is 22.3 Å². The van der Waals surface area contributed by atoms with E-state index in [1.807, 2.05) is 0 Å². The summed E-state index contributed by atoms with van der Waals surface area (Å²) in [5.41, 5.74) is 5.61. The molecule has 1 aromatic carbocycles. The van der Waals surface area contributed by atoms with Gasteiger partial charge in [-0.15, -0.1) is 0 Å². The Hall–Kier alpha value is -1.67. The van der Waals surface area contributed by atoms with Crippen molar-refractivity contribution in [2.75, 3.05) is 26.4 Å². The lowest BCUT2D eigenvalue weighted by Gasteiger charge is -2.20. The Kier molecular flexibility index (Phi) is 5.07. The van der Waals surface area contributed by atoms with E-state index in [0.717, 1.165) is 16.4 Å². The van der Waals surface area contributed by atoms with Crippen LogP contribution in [0, 0.1) is 11.7 Å². The fraction of sp³-hybridized carbons (Fsp3) is 0.417. The molecule has 0 amide bonds. The van der Waals surface area contributed by atoms with Gasteiger partial charge in [0.1, 0.15) is 10.7 Å². The molecule has 8 heteroatoms. The fourth-order valence-corrected chi connectivity index (χ4v) is 3.00. The maximum absolute atomic E-state index is 13.6. The van der Waals surface area contributed by atoms with Gasteiger partial charge in [0.15, 0.2) is 0 Å². The second kappa shape index (κ2) is 6.19. The molecule has 2 N–H and O–H groups in total. The van der Waals surface area contributed by atoms with Gasteiger partial charge in [0.2, 0.25) is 10.0 Å². The Bertz CT molecular complexity index is 603. The van der Waals surface area contributed by atoms with Crippen molar-refractivity contribution in [1.29, 1.82) is 0 Å². The van der Waals surface area contributed by atoms with E-state index in [-0.39, 0.29) is 12.2 Å². The first-order valence-electron chi connectivity index (χ1n) is 5.79. The van der Waals surface area contributed by atoms with Crippen LogP contribution in [0.5, 0.6) is 0 Å². The van der Waals surface area contributed by atoms with Crippen molar-refractivity contribution in [1.82, 2.24) is 4.31 Å². The lowest BCUT2D eigenvalue weighted by molar-refractivity contribution is -0.144. The molecular weight excluding hydrogens is 287 g/mol. The van der Waals surface area contributed by atoms with E-state index in [0.29, 0.717) is 0 Å². The van der Waals surface area contributed by atoms with Gasteiger partial charge in [-0.1, -0.05) is 6.92 Å². The molecular formula is C12H17FN2O4S. The van der Waals surface area contributed by atoms with E-state index in [9.17, 15) is 17.6 Å². The van der Waals surface area contributed by atoms with Crippen LogP contribution in [0.25, 0.3) is 0 Å². The monoisotopic (exact) mass is 304 g/mol. The number of carbonyl (C=O) groups is 1. The second-order valence-corrected chi connectivity index (χ2v) is 6.41. The van der Waals surface area contributed by atoms with Crippen molar-refractivity contribution in [2.45, 2.75) is 11.8 Å². The average molecular weight is 304 g/mol. The standard InChI is InChI=1S/C12H17FN2O4S/c1-8(12(16)19-3)7-15(2)20(17,18)11-6-9(14)4-5-10(11)13/h4-6,8H,7,14H2,1-3H3. The second-order valence-electron chi connectivity index (χ2n) is 4.40. The highest BCUT2D eigenvalue weighted by atomic mass is 32.2. The molecule has 0 saturated heterocycles. The minimum atomic E-state index is -4.06. The van der Waals surface area contributed by atoms with Crippen LogP contribution in [-0.4, -0.2) is 39.4 Å². The molecule has 1 atom stereocenters. The average Bonchev–Trinajstić information content (AvgIpc) is 2.40. The van der Waals surface area contributed by atoms with E-state index in [4.69, 9.17) is 5.73 Å². The number of methoxy groups -OCH3 is 1. The third-order valence-corrected chi connectivity index (χ3v) is 4.62. The van der Waals surface area contributed by atoms with Crippen LogP contribution < -0.4 is 5.73 Å². The summed E-state index contributed by atoms with van der Waals surface area (Å²) in [4.78, 5) is 10.8. The number of hydrogen-bond donors (Lipinski definition) is 1. The first kappa shape index (κ1) is 16.4. The normalized spacial score (nSPS) is 13.2. The summed E-state index contributed by atoms with van der Waals surface area (Å²) in [5, 5.41) is 0. The predicted molar refractivity (Wildman–Crippen MR) is 71.8 cm³/mol. The number of ether oxygens (including phenoxy) is 1. The minimum absolute atomic E-state index is 0.122. The topological polar surface area (TPSA) is 89.7 Å². The predicted octanol–water partition coefficient (Wildman–Crippen LogP) is 0.838. The summed E-state index contributed by atoms with van der Waals surface area (Å²) in [7, 11) is -1.58. The van der Waals surface area contributed by atoms with Crippen molar-refractivity contribution in [3.05, 3.63) is 24.0 Å². The maximum Gasteiger partial charge on any atom is 0.309 e. The Morgan fingerprint density at radius 2 is 2.10 bits per heavy atom. The number of hydrogen-bond acceptors (Lipinski definition) is 5. The highest BCUT2D eigenvalue weighted by Crippen LogP contribution is 2.21. The molecule has 20 heavy (non-hydrogen) atoms. The first-order valence-corrected chi connectivity index (χ1v) is 7.23. The molecule has 0 aliphatic rings. The highest BCUT2D eigenvalue weighted by Gasteiger charge is 2.27. The van der Waals surface area contributed by atoms with E-state index in [2.05, 4.69) is 4.74 Å². The molecule has 0 spiro atoms. The molecule has 0 aromatic heterocycles. The van der Waals surface area contributed by atoms with Gasteiger partial charge in [0, 0.05) is 19.3 Å². The van der Waals surface area contributed by atoms with Gasteiger partial charge < -0.3 is 10.5 Å². The van der Waals surface area contributed by atoms with Crippen LogP contribution >= 0.6 is 0 Å². The van der Waals surface area contributed by atoms with E-state index < -0.39 is 32.6 Å². The zero-order chi connectivity index (χ0) is 15.5. The van der Waals surface area contributed by atoms with Crippen molar-refractivity contribution in [3.8, 4) is 0 Å². The first-order chi connectivity index (χ1) is 9.20. The molecule has 0 fully saturated rings. The SMILES string of the molecule is COC(=O)C(C)CN(C)S(=O)(=O)c1cc(N)ccc1F. The summed E-state index contributed by atoms with van der Waals surface area (Å²) in [6.45, 7) is 1.40. The number of anilines is 1. The molecule has 0 radical (unpaired) electrons. The van der Waals surface area contributed by atoms with E-state index >= 15 is 0 Å². The van der Waals surface area contributed by atoms with Crippen LogP contribution in [-0.2, 0) is 19.6 Å². The lowest BCUT2D eigenvalue weighted by atomic mass is 10.2. The number of halogens is 1. The van der Waals surface area contributed by atoms with Crippen LogP contribution in [0.4, 0.5) is 10.1 Å². The van der Waals surface area contributed by atoms with Gasteiger partial charge in [0.05, 0.1) is 13.0 Å². The molecule has 112 valence electrons. The van der Waals surface area contributed by atoms with Gasteiger partial charge >= 0.3 is 5.97 Å². The van der Waals surface area contributed by atoms with Crippen molar-refractivity contribution >= 4 is 21.7 Å². The summed E-state index contributed by atoms with van der Waals surface area (Å²) in [6, 6.07) is 3.30. The third-order valence-electron chi connectivity index (χ3n) is 2.78. The largest absolute Gasteiger partial charge is 0.469 e. The van der Waals surface area contributed by atoms with Crippen LogP contribution in [0.1, 0.15) is 6.92 Å². The number of esters is 1. The van der Waals surface area contributed by atoms with Gasteiger partial charge in [-0.05, 0) is 18.2 Å². The molecule has 1 rings (SSSR count). The highest BCUT2D eigenvalue weighted by molar-refractivity contribution is 7.89. The van der Waals surface area contributed by atoms with Crippen molar-refractivity contribution in [3.63, 3.8) is 0 Å². The zero-order valence-electron chi connectivity index (χ0n) is 11.5. The summed E-state index contributed by atoms with van der Waals surface area (Å²) >= 11 is 0. The molecule has 0 aliphatic heterocycles. The van der Waals surface area contributed by atoms with E-state index in [1.165, 1.54) is 27.1 Å². The minimum Gasteiger partial charge on any atom is -0.469 e. The maximum atomic E-state index is 13.6. The third kappa shape index (κ3) is 3.45. The van der Waals surface area contributed by atoms with Gasteiger partial charge in [-0.2, -0.15) is 4.31 Å². The molecule has 0 bridgehead atoms. The summed E-state index contributed by atoms with van der Waals surface area (Å²) in [5.74, 6) is -2.10. The molecule has 1 unspecified atom stereocenters. The van der Waals surface area contributed by atoms with Crippen molar-refractivity contribution in [2.24, 2.45) is 5.92 Å². The summed E-state index contributed by atoms with van der Waals surface area (Å²) in [6.07, 6.45) is 0. The zero-order valence-corrected chi connectivity index (χ0v) is 12.3. The number of nitrogen functional groups attached to an aromatic ring is 1. The quantitative estimate of drug-likeness (QED) is 0.643. The molecule has 1 aromatic rings. The molecule has 0 aliphatic carbocycles. The number of nitrogens with zero attached hydrogens (tertiary/aromatic N) is 1. The van der Waals surface area contributed by atoms with Gasteiger partial charge in [-0.3, -0.25) is 4.79 Å². The number of sulfonamides is 1. The van der Waals surface area contributed by atoms with Crippen LogP contribution in [0.3, 0.4) is 0 Å².